The number of Topliss-reactive ketones (excluding diaryl/α,β-unsaturated/α-hetero) is 1. The highest BCUT2D eigenvalue weighted by Gasteiger charge is 2.18. The number of para-hydroxylation sites is 1. The second-order valence-electron chi connectivity index (χ2n) is 6.36. The number of hydrogen-bond acceptors (Lipinski definition) is 6. The van der Waals surface area contributed by atoms with E-state index in [1.54, 1.807) is 0 Å². The Bertz CT molecular complexity index is 1180. The zero-order valence-electron chi connectivity index (χ0n) is 15.7. The standard InChI is InChI=1S/C22H16N4O3S/c27-20(16-11-13-19(14-12-16)26(28)29)15-30-22-24-23-21(17-7-3-1-4-8-17)25(22)18-9-5-2-6-10-18/h1-14H,15H2. The number of nitrogens with zero attached hydrogens (tertiary/aromatic N) is 4. The van der Waals surface area contributed by atoms with Crippen molar-refractivity contribution in [3.63, 3.8) is 0 Å². The van der Waals surface area contributed by atoms with E-state index < -0.39 is 4.92 Å². The van der Waals surface area contributed by atoms with Gasteiger partial charge in [0.15, 0.2) is 16.8 Å². The predicted octanol–water partition coefficient (Wildman–Crippen LogP) is 4.82. The maximum absolute atomic E-state index is 12.6. The van der Waals surface area contributed by atoms with E-state index in [2.05, 4.69) is 10.2 Å². The minimum Gasteiger partial charge on any atom is -0.293 e. The highest BCUT2D eigenvalue weighted by molar-refractivity contribution is 7.99. The Labute approximate surface area is 176 Å². The molecule has 0 spiro atoms. The van der Waals surface area contributed by atoms with Crippen LogP contribution in [0.3, 0.4) is 0 Å². The van der Waals surface area contributed by atoms with Gasteiger partial charge in [0.25, 0.3) is 5.69 Å². The molecule has 30 heavy (non-hydrogen) atoms. The molecule has 0 amide bonds. The van der Waals surface area contributed by atoms with Gasteiger partial charge in [-0.3, -0.25) is 19.5 Å². The Morgan fingerprint density at radius 1 is 0.900 bits per heavy atom. The molecule has 0 fully saturated rings. The molecule has 8 heteroatoms. The van der Waals surface area contributed by atoms with Crippen molar-refractivity contribution in [3.05, 3.63) is 101 Å². The average molecular weight is 416 g/mol. The van der Waals surface area contributed by atoms with Crippen LogP contribution in [-0.4, -0.2) is 31.2 Å². The summed E-state index contributed by atoms with van der Waals surface area (Å²) >= 11 is 1.28. The largest absolute Gasteiger partial charge is 0.293 e. The lowest BCUT2D eigenvalue weighted by atomic mass is 10.1. The lowest BCUT2D eigenvalue weighted by Gasteiger charge is -2.10. The Balaban J connectivity index is 1.61. The van der Waals surface area contributed by atoms with Crippen LogP contribution in [-0.2, 0) is 0 Å². The Hall–Kier alpha value is -3.78. The van der Waals surface area contributed by atoms with E-state index in [0.717, 1.165) is 11.3 Å². The van der Waals surface area contributed by atoms with Crippen molar-refractivity contribution in [2.45, 2.75) is 5.16 Å². The van der Waals surface area contributed by atoms with Crippen LogP contribution in [0.25, 0.3) is 17.1 Å². The number of benzene rings is 3. The number of hydrogen-bond donors (Lipinski definition) is 0. The van der Waals surface area contributed by atoms with Crippen LogP contribution < -0.4 is 0 Å². The summed E-state index contributed by atoms with van der Waals surface area (Å²) in [6.07, 6.45) is 0. The van der Waals surface area contributed by atoms with Gasteiger partial charge < -0.3 is 0 Å². The summed E-state index contributed by atoms with van der Waals surface area (Å²) in [4.78, 5) is 22.9. The van der Waals surface area contributed by atoms with Gasteiger partial charge in [0.1, 0.15) is 0 Å². The van der Waals surface area contributed by atoms with Gasteiger partial charge >= 0.3 is 0 Å². The van der Waals surface area contributed by atoms with Crippen molar-refractivity contribution in [2.24, 2.45) is 0 Å². The first-order valence-corrected chi connectivity index (χ1v) is 10.1. The molecule has 0 radical (unpaired) electrons. The lowest BCUT2D eigenvalue weighted by molar-refractivity contribution is -0.384. The van der Waals surface area contributed by atoms with Crippen LogP contribution in [0.4, 0.5) is 5.69 Å². The van der Waals surface area contributed by atoms with Crippen molar-refractivity contribution in [1.29, 1.82) is 0 Å². The predicted molar refractivity (Wildman–Crippen MR) is 115 cm³/mol. The number of ketones is 1. The fraction of sp³-hybridized carbons (Fsp3) is 0.0455. The molecule has 0 saturated carbocycles. The van der Waals surface area contributed by atoms with Crippen molar-refractivity contribution >= 4 is 23.2 Å². The lowest BCUT2D eigenvalue weighted by Crippen LogP contribution is -2.05. The quantitative estimate of drug-likeness (QED) is 0.186. The molecule has 0 aliphatic rings. The summed E-state index contributed by atoms with van der Waals surface area (Å²) in [5.41, 5.74) is 2.19. The van der Waals surface area contributed by atoms with Crippen molar-refractivity contribution in [3.8, 4) is 17.1 Å². The van der Waals surface area contributed by atoms with Crippen molar-refractivity contribution in [2.75, 3.05) is 5.75 Å². The zero-order valence-corrected chi connectivity index (χ0v) is 16.5. The zero-order chi connectivity index (χ0) is 20.9. The molecule has 4 aromatic rings. The number of nitro benzene ring substituents is 1. The normalized spacial score (nSPS) is 10.7. The maximum Gasteiger partial charge on any atom is 0.269 e. The molecule has 148 valence electrons. The molecule has 7 nitrogen and oxygen atoms in total. The summed E-state index contributed by atoms with van der Waals surface area (Å²) in [6.45, 7) is 0. The minimum atomic E-state index is -0.490. The average Bonchev–Trinajstić information content (AvgIpc) is 3.22. The molecule has 1 aromatic heterocycles. The summed E-state index contributed by atoms with van der Waals surface area (Å²) in [5, 5.41) is 20.0. The van der Waals surface area contributed by atoms with Crippen molar-refractivity contribution < 1.29 is 9.72 Å². The molecule has 0 aliphatic heterocycles. The third-order valence-electron chi connectivity index (χ3n) is 4.41. The minimum absolute atomic E-state index is 0.0458. The van der Waals surface area contributed by atoms with Crippen LogP contribution >= 0.6 is 11.8 Å². The van der Waals surface area contributed by atoms with E-state index in [1.165, 1.54) is 36.0 Å². The molecule has 0 bridgehead atoms. The van der Waals surface area contributed by atoms with Gasteiger partial charge in [-0.1, -0.05) is 60.3 Å². The van der Waals surface area contributed by atoms with Crippen LogP contribution in [0.1, 0.15) is 10.4 Å². The number of non-ortho nitro benzene ring substituents is 1. The van der Waals surface area contributed by atoms with Gasteiger partial charge in [-0.25, -0.2) is 0 Å². The van der Waals surface area contributed by atoms with Crippen LogP contribution in [0.15, 0.2) is 90.1 Å². The molecule has 0 atom stereocenters. The number of aromatic nitrogens is 3. The number of rotatable bonds is 7. The molecule has 4 rings (SSSR count). The topological polar surface area (TPSA) is 90.9 Å². The van der Waals surface area contributed by atoms with E-state index in [1.807, 2.05) is 65.2 Å². The smallest absolute Gasteiger partial charge is 0.269 e. The van der Waals surface area contributed by atoms with Gasteiger partial charge in [0.2, 0.25) is 0 Å². The SMILES string of the molecule is O=C(CSc1nnc(-c2ccccc2)n1-c1ccccc1)c1ccc([N+](=O)[O-])cc1. The number of nitro groups is 1. The van der Waals surface area contributed by atoms with E-state index in [4.69, 9.17) is 0 Å². The monoisotopic (exact) mass is 416 g/mol. The molecular formula is C22H16N4O3S. The van der Waals surface area contributed by atoms with E-state index >= 15 is 0 Å². The number of carbonyl (C=O) groups excluding carboxylic acids is 1. The van der Waals surface area contributed by atoms with Crippen LogP contribution in [0, 0.1) is 10.1 Å². The van der Waals surface area contributed by atoms with Gasteiger partial charge in [-0.05, 0) is 24.3 Å². The summed E-state index contributed by atoms with van der Waals surface area (Å²) in [6, 6.07) is 25.0. The first-order chi connectivity index (χ1) is 14.6. The van der Waals surface area contributed by atoms with Gasteiger partial charge in [-0.2, -0.15) is 0 Å². The first-order valence-electron chi connectivity index (χ1n) is 9.10. The van der Waals surface area contributed by atoms with Crippen LogP contribution in [0.5, 0.6) is 0 Å². The Morgan fingerprint density at radius 3 is 2.17 bits per heavy atom. The fourth-order valence-electron chi connectivity index (χ4n) is 2.93. The third kappa shape index (κ3) is 4.13. The highest BCUT2D eigenvalue weighted by Crippen LogP contribution is 2.28. The summed E-state index contributed by atoms with van der Waals surface area (Å²) < 4.78 is 1.92. The molecular weight excluding hydrogens is 400 g/mol. The Kier molecular flexibility index (Phi) is 5.67. The summed E-state index contributed by atoms with van der Waals surface area (Å²) in [5.74, 6) is 0.684. The fourth-order valence-corrected chi connectivity index (χ4v) is 3.78. The Morgan fingerprint density at radius 2 is 1.53 bits per heavy atom. The number of carbonyl (C=O) groups is 1. The van der Waals surface area contributed by atoms with Crippen LogP contribution in [0.2, 0.25) is 0 Å². The highest BCUT2D eigenvalue weighted by atomic mass is 32.2. The molecule has 0 saturated heterocycles. The van der Waals surface area contributed by atoms with E-state index in [9.17, 15) is 14.9 Å². The second-order valence-corrected chi connectivity index (χ2v) is 7.30. The number of thioether (sulfide) groups is 1. The van der Waals surface area contributed by atoms with Gasteiger partial charge in [0, 0.05) is 28.9 Å². The summed E-state index contributed by atoms with van der Waals surface area (Å²) in [7, 11) is 0. The maximum atomic E-state index is 12.6. The van der Waals surface area contributed by atoms with Gasteiger partial charge in [-0.15, -0.1) is 10.2 Å². The molecule has 1 heterocycles. The molecule has 0 aliphatic carbocycles. The molecule has 3 aromatic carbocycles. The van der Waals surface area contributed by atoms with E-state index in [-0.39, 0.29) is 17.2 Å². The molecule has 0 unspecified atom stereocenters. The van der Waals surface area contributed by atoms with Gasteiger partial charge in [0.05, 0.1) is 10.7 Å². The third-order valence-corrected chi connectivity index (χ3v) is 5.34. The second kappa shape index (κ2) is 8.71. The first kappa shape index (κ1) is 19.5. The molecule has 0 N–H and O–H groups in total. The van der Waals surface area contributed by atoms with Crippen molar-refractivity contribution in [1.82, 2.24) is 14.8 Å². The van der Waals surface area contributed by atoms with E-state index in [0.29, 0.717) is 16.5 Å².